The molecule has 1 aromatic heterocycles. The average molecular weight is 444 g/mol. The molecule has 11 nitrogen and oxygen atoms in total. The lowest BCUT2D eigenvalue weighted by atomic mass is 10.1. The highest BCUT2D eigenvalue weighted by molar-refractivity contribution is 5.97. The fourth-order valence-corrected chi connectivity index (χ4v) is 2.93. The summed E-state index contributed by atoms with van der Waals surface area (Å²) in [5.41, 5.74) is 0.565. The molecule has 1 aliphatic heterocycles. The van der Waals surface area contributed by atoms with Crippen LogP contribution in [0.15, 0.2) is 57.7 Å². The number of rotatable bonds is 6. The molecule has 3 aromatic rings. The molecule has 0 atom stereocenters. The van der Waals surface area contributed by atoms with Crippen LogP contribution in [0.25, 0.3) is 11.0 Å². The van der Waals surface area contributed by atoms with Crippen molar-refractivity contribution in [3.05, 3.63) is 74.6 Å². The highest BCUT2D eigenvalue weighted by atomic mass is 16.9. The van der Waals surface area contributed by atoms with Crippen molar-refractivity contribution < 1.29 is 33.3 Å². The number of methoxy groups -OCH3 is 2. The summed E-state index contributed by atoms with van der Waals surface area (Å²) in [6.07, 6.45) is 0. The highest BCUT2D eigenvalue weighted by Gasteiger charge is 2.24. The Balaban J connectivity index is 0.000000182. The Morgan fingerprint density at radius 2 is 1.78 bits per heavy atom. The second-order valence-electron chi connectivity index (χ2n) is 6.39. The first-order chi connectivity index (χ1) is 15.4. The zero-order chi connectivity index (χ0) is 23.1. The van der Waals surface area contributed by atoms with Crippen LogP contribution in [0.1, 0.15) is 10.4 Å². The Kier molecular flexibility index (Phi) is 7.11. The number of fused-ring (bicyclic) bond motifs is 2. The molecular weight excluding hydrogens is 424 g/mol. The molecule has 0 bridgehead atoms. The molecule has 0 unspecified atom stereocenters. The van der Waals surface area contributed by atoms with E-state index in [2.05, 4.69) is 4.84 Å². The lowest BCUT2D eigenvalue weighted by Gasteiger charge is -2.28. The third kappa shape index (κ3) is 5.25. The van der Waals surface area contributed by atoms with Crippen molar-refractivity contribution in [1.29, 1.82) is 0 Å². The number of nitrogens with zero attached hydrogens (tertiary/aromatic N) is 2. The van der Waals surface area contributed by atoms with Crippen LogP contribution in [0.5, 0.6) is 17.2 Å². The van der Waals surface area contributed by atoms with Crippen molar-refractivity contribution in [2.75, 3.05) is 34.1 Å². The minimum atomic E-state index is -0.886. The molecule has 168 valence electrons. The van der Waals surface area contributed by atoms with E-state index in [9.17, 15) is 19.7 Å². The normalized spacial score (nSPS) is 12.2. The Morgan fingerprint density at radius 1 is 1.06 bits per heavy atom. The van der Waals surface area contributed by atoms with E-state index in [-0.39, 0.29) is 31.4 Å². The zero-order valence-electron chi connectivity index (χ0n) is 17.3. The van der Waals surface area contributed by atoms with E-state index < -0.39 is 5.09 Å². The summed E-state index contributed by atoms with van der Waals surface area (Å²) in [6.45, 7) is 0.0370. The quantitative estimate of drug-likeness (QED) is 0.320. The topological polar surface area (TPSA) is 131 Å². The Bertz CT molecular complexity index is 1180. The van der Waals surface area contributed by atoms with E-state index in [1.165, 1.54) is 18.1 Å². The van der Waals surface area contributed by atoms with Crippen LogP contribution in [-0.4, -0.2) is 50.0 Å². The van der Waals surface area contributed by atoms with Gasteiger partial charge in [-0.3, -0.25) is 4.79 Å². The Morgan fingerprint density at radius 3 is 2.50 bits per heavy atom. The third-order valence-electron chi connectivity index (χ3n) is 4.46. The molecule has 0 aliphatic carbocycles. The van der Waals surface area contributed by atoms with Crippen LogP contribution in [-0.2, 0) is 4.84 Å². The summed E-state index contributed by atoms with van der Waals surface area (Å²) >= 11 is 0. The maximum atomic E-state index is 11.9. The predicted octanol–water partition coefficient (Wildman–Crippen LogP) is 2.50. The van der Waals surface area contributed by atoms with E-state index in [4.69, 9.17) is 18.6 Å². The first kappa shape index (κ1) is 22.4. The molecule has 0 saturated carbocycles. The van der Waals surface area contributed by atoms with E-state index in [0.717, 1.165) is 5.39 Å². The van der Waals surface area contributed by atoms with Crippen LogP contribution in [0.4, 0.5) is 0 Å². The van der Waals surface area contributed by atoms with Gasteiger partial charge in [-0.05, 0) is 24.3 Å². The molecular formula is C21H20N2O9. The predicted molar refractivity (Wildman–Crippen MR) is 112 cm³/mol. The third-order valence-corrected chi connectivity index (χ3v) is 4.46. The SMILES string of the molecule is COc1cc2ccc(=O)oc2cc1OC.O=C1c2ccccc2OCN1CCO[N+](=O)[O-]. The van der Waals surface area contributed by atoms with Gasteiger partial charge in [-0.25, -0.2) is 4.79 Å². The van der Waals surface area contributed by atoms with Crippen molar-refractivity contribution in [3.8, 4) is 17.2 Å². The number of benzene rings is 2. The van der Waals surface area contributed by atoms with E-state index in [1.807, 2.05) is 0 Å². The minimum absolute atomic E-state index is 0.0803. The number of hydrogen-bond acceptors (Lipinski definition) is 9. The maximum Gasteiger partial charge on any atom is 0.336 e. The van der Waals surface area contributed by atoms with Gasteiger partial charge >= 0.3 is 5.63 Å². The molecule has 2 heterocycles. The van der Waals surface area contributed by atoms with Crippen molar-refractivity contribution >= 4 is 16.9 Å². The summed E-state index contributed by atoms with van der Waals surface area (Å²) in [5.74, 6) is 1.47. The molecule has 0 spiro atoms. The number of hydrogen-bond donors (Lipinski definition) is 0. The minimum Gasteiger partial charge on any atom is -0.493 e. The van der Waals surface area contributed by atoms with Gasteiger partial charge in [0.1, 0.15) is 17.9 Å². The second-order valence-corrected chi connectivity index (χ2v) is 6.39. The second kappa shape index (κ2) is 10.2. The number of carbonyl (C=O) groups excluding carboxylic acids is 1. The maximum absolute atomic E-state index is 11.9. The Labute approximate surface area is 181 Å². The molecule has 1 amide bonds. The number of carbonyl (C=O) groups is 1. The van der Waals surface area contributed by atoms with Crippen molar-refractivity contribution in [1.82, 2.24) is 4.90 Å². The van der Waals surface area contributed by atoms with Gasteiger partial charge in [-0.2, -0.15) is 0 Å². The van der Waals surface area contributed by atoms with Crippen LogP contribution in [0.2, 0.25) is 0 Å². The summed E-state index contributed by atoms with van der Waals surface area (Å²) < 4.78 is 20.6. The summed E-state index contributed by atoms with van der Waals surface area (Å²) in [4.78, 5) is 38.4. The van der Waals surface area contributed by atoms with Crippen molar-refractivity contribution in [2.24, 2.45) is 0 Å². The molecule has 32 heavy (non-hydrogen) atoms. The Hall–Kier alpha value is -4.28. The summed E-state index contributed by atoms with van der Waals surface area (Å²) in [5, 5.41) is 9.88. The molecule has 4 rings (SSSR count). The molecule has 0 N–H and O–H groups in total. The lowest BCUT2D eigenvalue weighted by molar-refractivity contribution is -0.757. The van der Waals surface area contributed by atoms with Gasteiger partial charge in [0.25, 0.3) is 11.0 Å². The fourth-order valence-electron chi connectivity index (χ4n) is 2.93. The van der Waals surface area contributed by atoms with Gasteiger partial charge in [0, 0.05) is 24.1 Å². The van der Waals surface area contributed by atoms with Crippen LogP contribution in [0, 0.1) is 10.1 Å². The van der Waals surface area contributed by atoms with Crippen molar-refractivity contribution in [3.63, 3.8) is 0 Å². The monoisotopic (exact) mass is 444 g/mol. The van der Waals surface area contributed by atoms with E-state index >= 15 is 0 Å². The first-order valence-corrected chi connectivity index (χ1v) is 9.37. The average Bonchev–Trinajstić information content (AvgIpc) is 2.80. The van der Waals surface area contributed by atoms with Crippen LogP contribution >= 0.6 is 0 Å². The molecule has 0 radical (unpaired) electrons. The number of amides is 1. The van der Waals surface area contributed by atoms with Gasteiger partial charge in [-0.15, -0.1) is 10.1 Å². The first-order valence-electron chi connectivity index (χ1n) is 9.37. The summed E-state index contributed by atoms with van der Waals surface area (Å²) in [6, 6.07) is 13.3. The van der Waals surface area contributed by atoms with Crippen LogP contribution in [0.3, 0.4) is 0 Å². The molecule has 1 aliphatic rings. The van der Waals surface area contributed by atoms with Gasteiger partial charge in [-0.1, -0.05) is 12.1 Å². The van der Waals surface area contributed by atoms with E-state index in [1.54, 1.807) is 49.6 Å². The smallest absolute Gasteiger partial charge is 0.336 e. The van der Waals surface area contributed by atoms with Gasteiger partial charge in [0.15, 0.2) is 18.2 Å². The summed E-state index contributed by atoms with van der Waals surface area (Å²) in [7, 11) is 3.09. The lowest BCUT2D eigenvalue weighted by Crippen LogP contribution is -2.40. The molecule has 0 fully saturated rings. The number of para-hydroxylation sites is 1. The zero-order valence-corrected chi connectivity index (χ0v) is 17.3. The van der Waals surface area contributed by atoms with E-state index in [0.29, 0.717) is 28.4 Å². The fraction of sp³-hybridized carbons (Fsp3) is 0.238. The van der Waals surface area contributed by atoms with Gasteiger partial charge < -0.3 is 28.4 Å². The van der Waals surface area contributed by atoms with Crippen LogP contribution < -0.4 is 19.8 Å². The van der Waals surface area contributed by atoms with Gasteiger partial charge in [0.05, 0.1) is 19.8 Å². The largest absolute Gasteiger partial charge is 0.493 e. The van der Waals surface area contributed by atoms with Crippen molar-refractivity contribution in [2.45, 2.75) is 0 Å². The molecule has 2 aromatic carbocycles. The standard InChI is InChI=1S/C11H10O4.C10H10N2O5/c1-13-9-5-7-3-4-11(12)15-8(7)6-10(9)14-2;13-10-8-3-1-2-4-9(8)16-7-11(10)5-6-17-12(14)15/h3-6H,1-2H3;1-4H,5-7H2. The van der Waals surface area contributed by atoms with Gasteiger partial charge in [0.2, 0.25) is 0 Å². The number of ether oxygens (including phenoxy) is 3. The molecule has 11 heteroatoms. The highest BCUT2D eigenvalue weighted by Crippen LogP contribution is 2.31. The molecule has 0 saturated heterocycles.